The lowest BCUT2D eigenvalue weighted by atomic mass is 10.0. The molecule has 1 heterocycles. The van der Waals surface area contributed by atoms with Gasteiger partial charge in [-0.1, -0.05) is 0 Å². The zero-order valence-electron chi connectivity index (χ0n) is 12.0. The Labute approximate surface area is 118 Å². The molecule has 2 rings (SSSR count). The largest absolute Gasteiger partial charge is 0.462 e. The van der Waals surface area contributed by atoms with Crippen molar-refractivity contribution in [1.82, 2.24) is 9.97 Å². The van der Waals surface area contributed by atoms with Crippen molar-refractivity contribution in [2.75, 3.05) is 18.9 Å². The molecule has 0 bridgehead atoms. The van der Waals surface area contributed by atoms with Crippen LogP contribution in [0.2, 0.25) is 0 Å². The molecule has 20 heavy (non-hydrogen) atoms. The third-order valence-corrected chi connectivity index (χ3v) is 3.55. The summed E-state index contributed by atoms with van der Waals surface area (Å²) in [5.41, 5.74) is 5.63. The van der Waals surface area contributed by atoms with Crippen LogP contribution in [0.4, 0.5) is 5.82 Å². The average Bonchev–Trinajstić information content (AvgIpc) is 2.89. The van der Waals surface area contributed by atoms with Crippen molar-refractivity contribution in [3.8, 4) is 0 Å². The molecule has 6 nitrogen and oxygen atoms in total. The second-order valence-electron chi connectivity index (χ2n) is 4.85. The van der Waals surface area contributed by atoms with Crippen molar-refractivity contribution < 1.29 is 14.3 Å². The second kappa shape index (κ2) is 6.17. The van der Waals surface area contributed by atoms with Crippen LogP contribution in [-0.2, 0) is 15.1 Å². The van der Waals surface area contributed by atoms with Gasteiger partial charge in [-0.3, -0.25) is 0 Å². The van der Waals surface area contributed by atoms with Crippen molar-refractivity contribution in [2.45, 2.75) is 45.1 Å². The van der Waals surface area contributed by atoms with Gasteiger partial charge < -0.3 is 15.2 Å². The van der Waals surface area contributed by atoms with Crippen molar-refractivity contribution in [1.29, 1.82) is 0 Å². The zero-order valence-corrected chi connectivity index (χ0v) is 12.0. The first-order valence-electron chi connectivity index (χ1n) is 7.07. The monoisotopic (exact) mass is 279 g/mol. The van der Waals surface area contributed by atoms with E-state index in [9.17, 15) is 4.79 Å². The highest BCUT2D eigenvalue weighted by atomic mass is 16.5. The number of carbonyl (C=O) groups is 1. The minimum atomic E-state index is -0.492. The van der Waals surface area contributed by atoms with E-state index >= 15 is 0 Å². The number of nitrogens with two attached hydrogens (primary N) is 1. The predicted molar refractivity (Wildman–Crippen MR) is 74.2 cm³/mol. The number of nitrogens with zero attached hydrogens (tertiary/aromatic N) is 2. The Balaban J connectivity index is 2.30. The lowest BCUT2D eigenvalue weighted by Gasteiger charge is -2.27. The topological polar surface area (TPSA) is 87.3 Å². The molecular formula is C14H21N3O3. The standard InChI is InChI=1S/C14H21N3O3/c1-3-19-12(18)10-9-16-13(17-11(10)15)14(20-4-2)7-5-6-8-14/h9H,3-8H2,1-2H3,(H2,15,16,17). The second-order valence-corrected chi connectivity index (χ2v) is 4.85. The minimum Gasteiger partial charge on any atom is -0.462 e. The molecule has 1 saturated carbocycles. The number of hydrogen-bond donors (Lipinski definition) is 1. The van der Waals surface area contributed by atoms with E-state index in [4.69, 9.17) is 15.2 Å². The van der Waals surface area contributed by atoms with Gasteiger partial charge in [-0.15, -0.1) is 0 Å². The molecule has 0 unspecified atom stereocenters. The van der Waals surface area contributed by atoms with E-state index < -0.39 is 11.6 Å². The van der Waals surface area contributed by atoms with E-state index in [0.717, 1.165) is 25.7 Å². The molecule has 0 saturated heterocycles. The maximum atomic E-state index is 11.7. The molecule has 1 aromatic rings. The molecule has 0 aromatic carbocycles. The van der Waals surface area contributed by atoms with Gasteiger partial charge in [0.25, 0.3) is 0 Å². The van der Waals surface area contributed by atoms with Crippen molar-refractivity contribution in [2.24, 2.45) is 0 Å². The third kappa shape index (κ3) is 2.75. The Morgan fingerprint density at radius 2 is 2.05 bits per heavy atom. The van der Waals surface area contributed by atoms with Crippen LogP contribution in [0.3, 0.4) is 0 Å². The number of aromatic nitrogens is 2. The van der Waals surface area contributed by atoms with E-state index in [1.807, 2.05) is 6.92 Å². The van der Waals surface area contributed by atoms with Gasteiger partial charge in [0.1, 0.15) is 17.0 Å². The Hall–Kier alpha value is -1.69. The summed E-state index contributed by atoms with van der Waals surface area (Å²) in [6, 6.07) is 0. The molecule has 0 spiro atoms. The van der Waals surface area contributed by atoms with Gasteiger partial charge in [0.15, 0.2) is 5.82 Å². The average molecular weight is 279 g/mol. The highest BCUT2D eigenvalue weighted by Crippen LogP contribution is 2.40. The summed E-state index contributed by atoms with van der Waals surface area (Å²) in [7, 11) is 0. The molecule has 1 aromatic heterocycles. The summed E-state index contributed by atoms with van der Waals surface area (Å²) in [6.45, 7) is 4.59. The fourth-order valence-corrected chi connectivity index (χ4v) is 2.64. The smallest absolute Gasteiger partial charge is 0.343 e. The van der Waals surface area contributed by atoms with Crippen molar-refractivity contribution in [3.05, 3.63) is 17.6 Å². The Bertz CT molecular complexity index is 485. The number of rotatable bonds is 5. The summed E-state index contributed by atoms with van der Waals surface area (Å²) >= 11 is 0. The third-order valence-electron chi connectivity index (χ3n) is 3.55. The number of ether oxygens (including phenoxy) is 2. The first-order valence-corrected chi connectivity index (χ1v) is 7.07. The molecule has 0 radical (unpaired) electrons. The van der Waals surface area contributed by atoms with Crippen LogP contribution in [0, 0.1) is 0 Å². The molecule has 1 aliphatic rings. The Morgan fingerprint density at radius 3 is 2.60 bits per heavy atom. The normalized spacial score (nSPS) is 17.1. The summed E-state index contributed by atoms with van der Waals surface area (Å²) in [4.78, 5) is 20.3. The maximum absolute atomic E-state index is 11.7. The lowest BCUT2D eigenvalue weighted by molar-refractivity contribution is -0.0456. The molecule has 6 heteroatoms. The van der Waals surface area contributed by atoms with Gasteiger partial charge in [-0.25, -0.2) is 14.8 Å². The molecule has 110 valence electrons. The molecule has 0 aliphatic heterocycles. The predicted octanol–water partition coefficient (Wildman–Crippen LogP) is 2.04. The van der Waals surface area contributed by atoms with Gasteiger partial charge in [0.2, 0.25) is 0 Å². The molecule has 0 amide bonds. The molecule has 1 aliphatic carbocycles. The summed E-state index contributed by atoms with van der Waals surface area (Å²) in [6.07, 6.45) is 5.39. The van der Waals surface area contributed by atoms with Crippen LogP contribution in [0.5, 0.6) is 0 Å². The van der Waals surface area contributed by atoms with Gasteiger partial charge in [0.05, 0.1) is 6.61 Å². The van der Waals surface area contributed by atoms with Gasteiger partial charge >= 0.3 is 5.97 Å². The SMILES string of the molecule is CCOC(=O)c1cnc(C2(OCC)CCCC2)nc1N. The van der Waals surface area contributed by atoms with Gasteiger partial charge in [-0.2, -0.15) is 0 Å². The maximum Gasteiger partial charge on any atom is 0.343 e. The number of esters is 1. The van der Waals surface area contributed by atoms with E-state index in [0.29, 0.717) is 19.0 Å². The van der Waals surface area contributed by atoms with Crippen LogP contribution in [0.25, 0.3) is 0 Å². The van der Waals surface area contributed by atoms with E-state index in [2.05, 4.69) is 9.97 Å². The number of nitrogen functional groups attached to an aromatic ring is 1. The first kappa shape index (κ1) is 14.7. The molecular weight excluding hydrogens is 258 g/mol. The van der Waals surface area contributed by atoms with Gasteiger partial charge in [0, 0.05) is 12.8 Å². The number of hydrogen-bond acceptors (Lipinski definition) is 6. The van der Waals surface area contributed by atoms with Crippen LogP contribution in [0.1, 0.15) is 55.7 Å². The highest BCUT2D eigenvalue weighted by molar-refractivity contribution is 5.93. The van der Waals surface area contributed by atoms with Crippen molar-refractivity contribution >= 4 is 11.8 Å². The molecule has 0 atom stereocenters. The summed E-state index contributed by atoms with van der Waals surface area (Å²) in [5.74, 6) is 0.232. The first-order chi connectivity index (χ1) is 9.63. The molecule has 1 fully saturated rings. The van der Waals surface area contributed by atoms with Crippen LogP contribution in [-0.4, -0.2) is 29.2 Å². The highest BCUT2D eigenvalue weighted by Gasteiger charge is 2.39. The van der Waals surface area contributed by atoms with Crippen LogP contribution in [0.15, 0.2) is 6.20 Å². The Kier molecular flexibility index (Phi) is 4.54. The quantitative estimate of drug-likeness (QED) is 0.830. The number of anilines is 1. The summed E-state index contributed by atoms with van der Waals surface area (Å²) in [5, 5.41) is 0. The summed E-state index contributed by atoms with van der Waals surface area (Å²) < 4.78 is 10.8. The van der Waals surface area contributed by atoms with Crippen molar-refractivity contribution in [3.63, 3.8) is 0 Å². The zero-order chi connectivity index (χ0) is 14.6. The van der Waals surface area contributed by atoms with Crippen LogP contribution < -0.4 is 5.73 Å². The number of carbonyl (C=O) groups excluding carboxylic acids is 1. The fraction of sp³-hybridized carbons (Fsp3) is 0.643. The van der Waals surface area contributed by atoms with E-state index in [1.165, 1.54) is 6.20 Å². The fourth-order valence-electron chi connectivity index (χ4n) is 2.64. The lowest BCUT2D eigenvalue weighted by Crippen LogP contribution is -2.29. The minimum absolute atomic E-state index is 0.152. The van der Waals surface area contributed by atoms with E-state index in [1.54, 1.807) is 6.92 Å². The molecule has 2 N–H and O–H groups in total. The van der Waals surface area contributed by atoms with E-state index in [-0.39, 0.29) is 11.4 Å². The van der Waals surface area contributed by atoms with Crippen LogP contribution >= 0.6 is 0 Å². The van der Waals surface area contributed by atoms with Gasteiger partial charge in [-0.05, 0) is 39.5 Å². The Morgan fingerprint density at radius 1 is 1.35 bits per heavy atom.